The van der Waals surface area contributed by atoms with E-state index in [4.69, 9.17) is 0 Å². The van der Waals surface area contributed by atoms with Crippen LogP contribution in [0.2, 0.25) is 0 Å². The minimum atomic E-state index is -0.714. The van der Waals surface area contributed by atoms with Gasteiger partial charge in [-0.25, -0.2) is 4.68 Å². The highest BCUT2D eigenvalue weighted by Crippen LogP contribution is 2.26. The van der Waals surface area contributed by atoms with Gasteiger partial charge < -0.3 is 5.11 Å². The van der Waals surface area contributed by atoms with E-state index in [0.717, 1.165) is 11.1 Å². The Hall–Kier alpha value is -2.28. The van der Waals surface area contributed by atoms with Crippen LogP contribution in [-0.4, -0.2) is 25.0 Å². The van der Waals surface area contributed by atoms with E-state index >= 15 is 0 Å². The molecule has 0 bridgehead atoms. The summed E-state index contributed by atoms with van der Waals surface area (Å²) in [6.07, 6.45) is 1.31. The van der Waals surface area contributed by atoms with Crippen molar-refractivity contribution in [1.82, 2.24) is 15.0 Å². The Morgan fingerprint density at radius 2 is 2.05 bits per heavy atom. The molecule has 0 amide bonds. The Morgan fingerprint density at radius 1 is 1.40 bits per heavy atom. The first-order chi connectivity index (χ1) is 9.43. The van der Waals surface area contributed by atoms with Crippen LogP contribution in [0.15, 0.2) is 18.3 Å². The highest BCUT2D eigenvalue weighted by molar-refractivity contribution is 5.56. The second-order valence-corrected chi connectivity index (χ2v) is 4.69. The molecular weight excluding hydrogens is 260 g/mol. The zero-order valence-electron chi connectivity index (χ0n) is 11.6. The van der Waals surface area contributed by atoms with Crippen molar-refractivity contribution in [2.45, 2.75) is 33.3 Å². The van der Waals surface area contributed by atoms with Crippen molar-refractivity contribution in [3.63, 3.8) is 0 Å². The maximum Gasteiger partial charge on any atom is 0.295 e. The fourth-order valence-electron chi connectivity index (χ4n) is 1.87. The lowest BCUT2D eigenvalue weighted by Gasteiger charge is -2.06. The summed E-state index contributed by atoms with van der Waals surface area (Å²) in [5.41, 5.74) is 2.49. The van der Waals surface area contributed by atoms with Gasteiger partial charge in [0.15, 0.2) is 0 Å². The molecule has 0 aliphatic carbocycles. The third kappa shape index (κ3) is 2.53. The van der Waals surface area contributed by atoms with Gasteiger partial charge >= 0.3 is 0 Å². The standard InChI is InChI=1S/C13H16N4O3/c1-4-13(18)10-7-16(15-14-10)11-5-8(2)9(3)6-12(11)17(19)20/h5-7,13,18H,4H2,1-3H3. The van der Waals surface area contributed by atoms with E-state index in [2.05, 4.69) is 10.3 Å². The molecule has 2 rings (SSSR count). The maximum absolute atomic E-state index is 11.2. The van der Waals surface area contributed by atoms with Crippen LogP contribution in [0.1, 0.15) is 36.3 Å². The van der Waals surface area contributed by atoms with E-state index in [1.54, 1.807) is 6.07 Å². The largest absolute Gasteiger partial charge is 0.387 e. The zero-order valence-corrected chi connectivity index (χ0v) is 11.6. The van der Waals surface area contributed by atoms with Crippen LogP contribution >= 0.6 is 0 Å². The topological polar surface area (TPSA) is 94.1 Å². The summed E-state index contributed by atoms with van der Waals surface area (Å²) >= 11 is 0. The monoisotopic (exact) mass is 276 g/mol. The molecule has 2 aromatic rings. The predicted octanol–water partition coefficient (Wildman–Crippen LogP) is 2.24. The van der Waals surface area contributed by atoms with Crippen molar-refractivity contribution in [1.29, 1.82) is 0 Å². The van der Waals surface area contributed by atoms with E-state index in [-0.39, 0.29) is 5.69 Å². The van der Waals surface area contributed by atoms with Gasteiger partial charge in [-0.2, -0.15) is 0 Å². The molecule has 1 unspecified atom stereocenters. The van der Waals surface area contributed by atoms with Crippen LogP contribution < -0.4 is 0 Å². The number of nitrogens with zero attached hydrogens (tertiary/aromatic N) is 4. The average molecular weight is 276 g/mol. The number of hydrogen-bond acceptors (Lipinski definition) is 5. The smallest absolute Gasteiger partial charge is 0.295 e. The number of aryl methyl sites for hydroxylation is 2. The van der Waals surface area contributed by atoms with Gasteiger partial charge in [-0.1, -0.05) is 12.1 Å². The maximum atomic E-state index is 11.2. The molecule has 20 heavy (non-hydrogen) atoms. The van der Waals surface area contributed by atoms with E-state index in [0.29, 0.717) is 17.8 Å². The lowest BCUT2D eigenvalue weighted by Crippen LogP contribution is -2.02. The number of rotatable bonds is 4. The summed E-state index contributed by atoms with van der Waals surface area (Å²) in [4.78, 5) is 10.7. The number of nitro benzene ring substituents is 1. The van der Waals surface area contributed by atoms with Gasteiger partial charge in [0.2, 0.25) is 0 Å². The molecule has 0 saturated heterocycles. The van der Waals surface area contributed by atoms with Gasteiger partial charge in [-0.15, -0.1) is 5.10 Å². The highest BCUT2D eigenvalue weighted by atomic mass is 16.6. The molecule has 0 saturated carbocycles. The third-order valence-corrected chi connectivity index (χ3v) is 3.27. The molecule has 0 fully saturated rings. The SMILES string of the molecule is CCC(O)c1cn(-c2cc(C)c(C)cc2[N+](=O)[O-])nn1. The number of aliphatic hydroxyl groups is 1. The molecule has 0 spiro atoms. The summed E-state index contributed by atoms with van der Waals surface area (Å²) in [7, 11) is 0. The zero-order chi connectivity index (χ0) is 14.9. The number of benzene rings is 1. The lowest BCUT2D eigenvalue weighted by atomic mass is 10.1. The van der Waals surface area contributed by atoms with Crippen LogP contribution in [0.4, 0.5) is 5.69 Å². The minimum absolute atomic E-state index is 0.0319. The summed E-state index contributed by atoms with van der Waals surface area (Å²) in [6.45, 7) is 5.52. The summed E-state index contributed by atoms with van der Waals surface area (Å²) in [6, 6.07) is 3.21. The summed E-state index contributed by atoms with van der Waals surface area (Å²) in [5.74, 6) is 0. The third-order valence-electron chi connectivity index (χ3n) is 3.27. The fourth-order valence-corrected chi connectivity index (χ4v) is 1.87. The molecule has 1 atom stereocenters. The van der Waals surface area contributed by atoms with Gasteiger partial charge in [-0.05, 0) is 37.5 Å². The number of hydrogen-bond donors (Lipinski definition) is 1. The molecule has 0 aliphatic rings. The molecule has 7 heteroatoms. The second kappa shape index (κ2) is 5.38. The normalized spacial score (nSPS) is 12.4. The molecule has 0 radical (unpaired) electrons. The van der Waals surface area contributed by atoms with Crippen LogP contribution in [0.25, 0.3) is 5.69 Å². The molecule has 1 aromatic carbocycles. The quantitative estimate of drug-likeness (QED) is 0.682. The van der Waals surface area contributed by atoms with E-state index < -0.39 is 11.0 Å². The molecule has 1 heterocycles. The minimum Gasteiger partial charge on any atom is -0.387 e. The van der Waals surface area contributed by atoms with Crippen LogP contribution in [0.3, 0.4) is 0 Å². The number of aliphatic hydroxyl groups excluding tert-OH is 1. The Balaban J connectivity index is 2.54. The Labute approximate surface area is 116 Å². The van der Waals surface area contributed by atoms with Crippen LogP contribution in [-0.2, 0) is 0 Å². The molecule has 106 valence electrons. The van der Waals surface area contributed by atoms with Crippen molar-refractivity contribution in [3.8, 4) is 5.69 Å². The van der Waals surface area contributed by atoms with E-state index in [1.165, 1.54) is 16.9 Å². The number of nitro groups is 1. The predicted molar refractivity (Wildman–Crippen MR) is 72.7 cm³/mol. The molecule has 7 nitrogen and oxygen atoms in total. The van der Waals surface area contributed by atoms with Crippen molar-refractivity contribution >= 4 is 5.69 Å². The van der Waals surface area contributed by atoms with Gasteiger partial charge in [0.25, 0.3) is 5.69 Å². The average Bonchev–Trinajstić information content (AvgIpc) is 2.89. The lowest BCUT2D eigenvalue weighted by molar-refractivity contribution is -0.384. The van der Waals surface area contributed by atoms with Gasteiger partial charge in [0.05, 0.1) is 17.2 Å². The highest BCUT2D eigenvalue weighted by Gasteiger charge is 2.19. The van der Waals surface area contributed by atoms with Crippen LogP contribution in [0.5, 0.6) is 0 Å². The van der Waals surface area contributed by atoms with Gasteiger partial charge in [-0.3, -0.25) is 10.1 Å². The Kier molecular flexibility index (Phi) is 3.80. The second-order valence-electron chi connectivity index (χ2n) is 4.69. The van der Waals surface area contributed by atoms with Gasteiger partial charge in [0.1, 0.15) is 11.4 Å². The van der Waals surface area contributed by atoms with Crippen molar-refractivity contribution in [3.05, 3.63) is 45.3 Å². The van der Waals surface area contributed by atoms with Crippen molar-refractivity contribution < 1.29 is 10.0 Å². The first kappa shape index (κ1) is 14.1. The Bertz CT molecular complexity index is 651. The van der Waals surface area contributed by atoms with Crippen LogP contribution in [0, 0.1) is 24.0 Å². The van der Waals surface area contributed by atoms with Crippen molar-refractivity contribution in [2.75, 3.05) is 0 Å². The van der Waals surface area contributed by atoms with Crippen molar-refractivity contribution in [2.24, 2.45) is 0 Å². The molecule has 0 aliphatic heterocycles. The first-order valence-corrected chi connectivity index (χ1v) is 6.30. The Morgan fingerprint density at radius 3 is 2.65 bits per heavy atom. The van der Waals surface area contributed by atoms with E-state index in [1.807, 2.05) is 20.8 Å². The summed E-state index contributed by atoms with van der Waals surface area (Å²) in [5, 5.41) is 28.6. The van der Waals surface area contributed by atoms with Gasteiger partial charge in [0, 0.05) is 6.07 Å². The summed E-state index contributed by atoms with van der Waals surface area (Å²) < 4.78 is 1.33. The fraction of sp³-hybridized carbons (Fsp3) is 0.385. The molecule has 1 aromatic heterocycles. The number of aromatic nitrogens is 3. The molecule has 1 N–H and O–H groups in total. The van der Waals surface area contributed by atoms with E-state index in [9.17, 15) is 15.2 Å². The first-order valence-electron chi connectivity index (χ1n) is 6.30. The molecular formula is C13H16N4O3.